The molecule has 0 saturated carbocycles. The molecule has 3 N–H and O–H groups in total. The summed E-state index contributed by atoms with van der Waals surface area (Å²) in [6, 6.07) is 0. The van der Waals surface area contributed by atoms with Gasteiger partial charge in [0.15, 0.2) is 12.2 Å². The minimum atomic E-state index is -4.95. The lowest BCUT2D eigenvalue weighted by molar-refractivity contribution is -0.161. The topological polar surface area (TPSA) is 237 Å². The van der Waals surface area contributed by atoms with E-state index in [0.29, 0.717) is 37.5 Å². The zero-order chi connectivity index (χ0) is 68.2. The molecule has 0 aliphatic rings. The predicted molar refractivity (Wildman–Crippen MR) is 372 cm³/mol. The molecule has 3 unspecified atom stereocenters. The van der Waals surface area contributed by atoms with Gasteiger partial charge in [-0.15, -0.1) is 0 Å². The lowest BCUT2D eigenvalue weighted by Crippen LogP contribution is -2.30. The SMILES string of the molecule is CC(C)CCCCCCCCCCCCCCCCCC(=O)O[C@H](COC(=O)CCCCCCCCCC(C)C)COP(=O)(O)OCC(O)COP(=O)(O)OC[C@@H](COC(=O)CCCCCCCCCCCCCCC(C)C)OC(=O)CCCCCCCCC(C)C. The highest BCUT2D eigenvalue weighted by Crippen LogP contribution is 2.45. The minimum Gasteiger partial charge on any atom is -0.462 e. The molecular formula is C73H142O17P2. The van der Waals surface area contributed by atoms with E-state index in [0.717, 1.165) is 108 Å². The second-order valence-corrected chi connectivity index (χ2v) is 31.1. The summed E-state index contributed by atoms with van der Waals surface area (Å²) in [5.74, 6) is 0.829. The highest BCUT2D eigenvalue weighted by atomic mass is 31.2. The van der Waals surface area contributed by atoms with E-state index in [-0.39, 0.29) is 25.7 Å². The van der Waals surface area contributed by atoms with E-state index < -0.39 is 97.5 Å². The molecule has 0 rings (SSSR count). The zero-order valence-electron chi connectivity index (χ0n) is 60.2. The normalized spacial score (nSPS) is 14.2. The Labute approximate surface area is 562 Å². The average molecular weight is 1350 g/mol. The van der Waals surface area contributed by atoms with E-state index in [9.17, 15) is 43.2 Å². The fourth-order valence-electron chi connectivity index (χ4n) is 11.0. The molecule has 0 heterocycles. The number of hydrogen-bond donors (Lipinski definition) is 3. The number of carbonyl (C=O) groups excluding carboxylic acids is 4. The molecule has 0 spiro atoms. The van der Waals surface area contributed by atoms with E-state index in [4.69, 9.17) is 37.0 Å². The first-order valence-corrected chi connectivity index (χ1v) is 40.7. The maximum absolute atomic E-state index is 13.0. The molecule has 5 atom stereocenters. The van der Waals surface area contributed by atoms with Crippen molar-refractivity contribution in [3.8, 4) is 0 Å². The number of ether oxygens (including phenoxy) is 4. The van der Waals surface area contributed by atoms with Crippen molar-refractivity contribution < 1.29 is 80.2 Å². The Balaban J connectivity index is 5.18. The minimum absolute atomic E-state index is 0.102. The molecular weight excluding hydrogens is 1210 g/mol. The molecule has 0 saturated heterocycles. The van der Waals surface area contributed by atoms with Crippen molar-refractivity contribution in [3.05, 3.63) is 0 Å². The van der Waals surface area contributed by atoms with Crippen LogP contribution in [-0.4, -0.2) is 96.7 Å². The predicted octanol–water partition coefficient (Wildman–Crippen LogP) is 20.9. The number of carbonyl (C=O) groups is 4. The van der Waals surface area contributed by atoms with Crippen LogP contribution in [0.5, 0.6) is 0 Å². The third kappa shape index (κ3) is 66.7. The Bertz CT molecular complexity index is 1820. The van der Waals surface area contributed by atoms with Gasteiger partial charge in [-0.1, -0.05) is 312 Å². The largest absolute Gasteiger partial charge is 0.472 e. The summed E-state index contributed by atoms with van der Waals surface area (Å²) in [6.07, 6.45) is 46.1. The summed E-state index contributed by atoms with van der Waals surface area (Å²) >= 11 is 0. The molecule has 0 radical (unpaired) electrons. The van der Waals surface area contributed by atoms with Crippen molar-refractivity contribution in [2.45, 2.75) is 382 Å². The van der Waals surface area contributed by atoms with Crippen LogP contribution in [0.4, 0.5) is 0 Å². The number of aliphatic hydroxyl groups is 1. The molecule has 0 aliphatic heterocycles. The smallest absolute Gasteiger partial charge is 0.462 e. The van der Waals surface area contributed by atoms with Crippen molar-refractivity contribution >= 4 is 39.5 Å². The van der Waals surface area contributed by atoms with Crippen molar-refractivity contribution in [2.24, 2.45) is 23.7 Å². The van der Waals surface area contributed by atoms with Crippen LogP contribution in [0.1, 0.15) is 364 Å². The van der Waals surface area contributed by atoms with Crippen LogP contribution in [0.3, 0.4) is 0 Å². The molecule has 0 bridgehead atoms. The van der Waals surface area contributed by atoms with Crippen molar-refractivity contribution in [3.63, 3.8) is 0 Å². The van der Waals surface area contributed by atoms with E-state index in [1.54, 1.807) is 0 Å². The maximum Gasteiger partial charge on any atom is 0.472 e. The molecule has 0 aromatic heterocycles. The second-order valence-electron chi connectivity index (χ2n) is 28.2. The monoisotopic (exact) mass is 1350 g/mol. The lowest BCUT2D eigenvalue weighted by Gasteiger charge is -2.21. The molecule has 19 heteroatoms. The van der Waals surface area contributed by atoms with Gasteiger partial charge in [0, 0.05) is 25.7 Å². The van der Waals surface area contributed by atoms with Gasteiger partial charge in [-0.3, -0.25) is 37.3 Å². The number of phosphoric ester groups is 2. The third-order valence-electron chi connectivity index (χ3n) is 16.8. The Morgan fingerprint density at radius 1 is 0.272 bits per heavy atom. The van der Waals surface area contributed by atoms with Crippen molar-refractivity contribution in [1.82, 2.24) is 0 Å². The van der Waals surface area contributed by atoms with Gasteiger partial charge in [0.25, 0.3) is 0 Å². The van der Waals surface area contributed by atoms with Crippen LogP contribution >= 0.6 is 15.6 Å². The van der Waals surface area contributed by atoms with Crippen LogP contribution < -0.4 is 0 Å². The van der Waals surface area contributed by atoms with Gasteiger partial charge >= 0.3 is 39.5 Å². The quantitative estimate of drug-likeness (QED) is 0.0222. The van der Waals surface area contributed by atoms with Crippen molar-refractivity contribution in [2.75, 3.05) is 39.6 Å². The molecule has 0 aliphatic carbocycles. The van der Waals surface area contributed by atoms with Crippen LogP contribution in [0.15, 0.2) is 0 Å². The van der Waals surface area contributed by atoms with Crippen LogP contribution in [0.2, 0.25) is 0 Å². The molecule has 0 aromatic carbocycles. The standard InChI is InChI=1S/C73H142O17P2/c1-63(2)49-41-33-25-20-16-12-10-9-11-13-19-23-29-39-47-55-72(77)89-68(59-84-71(76)54-46-38-30-24-27-35-43-51-65(5)6)61-87-91(79,80)85-57-67(74)58-86-92(81,82)88-62-69(90-73(78)56-48-40-32-31-36-44-52-66(7)8)60-83-70(75)53-45-37-28-22-18-15-14-17-21-26-34-42-50-64(3)4/h63-69,74H,9-62H2,1-8H3,(H,79,80)(H,81,82)/t67?,68-,69-/m1/s1. The fourth-order valence-corrected chi connectivity index (χ4v) is 12.6. The molecule has 0 amide bonds. The number of esters is 4. The lowest BCUT2D eigenvalue weighted by atomic mass is 10.0. The van der Waals surface area contributed by atoms with E-state index in [1.807, 2.05) is 0 Å². The first-order chi connectivity index (χ1) is 44.1. The van der Waals surface area contributed by atoms with Crippen LogP contribution in [0.25, 0.3) is 0 Å². The van der Waals surface area contributed by atoms with E-state index in [1.165, 1.54) is 161 Å². The van der Waals surface area contributed by atoms with Gasteiger partial charge in [0.05, 0.1) is 26.4 Å². The second kappa shape index (κ2) is 62.6. The summed E-state index contributed by atoms with van der Waals surface area (Å²) in [4.78, 5) is 72.6. The van der Waals surface area contributed by atoms with Gasteiger partial charge in [-0.05, 0) is 49.4 Å². The van der Waals surface area contributed by atoms with Gasteiger partial charge < -0.3 is 33.8 Å². The van der Waals surface area contributed by atoms with Gasteiger partial charge in [0.1, 0.15) is 19.3 Å². The number of phosphoric acid groups is 2. The third-order valence-corrected chi connectivity index (χ3v) is 18.7. The molecule has 0 fully saturated rings. The fraction of sp³-hybridized carbons (Fsp3) is 0.945. The number of rotatable bonds is 70. The van der Waals surface area contributed by atoms with Crippen LogP contribution in [-0.2, 0) is 65.4 Å². The Morgan fingerprint density at radius 3 is 0.674 bits per heavy atom. The summed E-state index contributed by atoms with van der Waals surface area (Å²) in [6.45, 7) is 14.1. The summed E-state index contributed by atoms with van der Waals surface area (Å²) in [5, 5.41) is 10.6. The van der Waals surface area contributed by atoms with Crippen molar-refractivity contribution in [1.29, 1.82) is 0 Å². The highest BCUT2D eigenvalue weighted by molar-refractivity contribution is 7.47. The zero-order valence-corrected chi connectivity index (χ0v) is 62.0. The van der Waals surface area contributed by atoms with Gasteiger partial charge in [0.2, 0.25) is 0 Å². The summed E-state index contributed by atoms with van der Waals surface area (Å²) in [7, 11) is -9.91. The van der Waals surface area contributed by atoms with E-state index in [2.05, 4.69) is 55.4 Å². The summed E-state index contributed by atoms with van der Waals surface area (Å²) in [5.41, 5.74) is 0. The molecule has 92 heavy (non-hydrogen) atoms. The Kier molecular flexibility index (Phi) is 61.3. The Hall–Kier alpha value is -1.94. The highest BCUT2D eigenvalue weighted by Gasteiger charge is 2.30. The molecule has 546 valence electrons. The Morgan fingerprint density at radius 2 is 0.457 bits per heavy atom. The molecule has 0 aromatic rings. The maximum atomic E-state index is 13.0. The number of unbranched alkanes of at least 4 members (excludes halogenated alkanes) is 36. The number of aliphatic hydroxyl groups excluding tert-OH is 1. The molecule has 17 nitrogen and oxygen atoms in total. The average Bonchev–Trinajstić information content (AvgIpc) is 3.68. The van der Waals surface area contributed by atoms with E-state index >= 15 is 0 Å². The first kappa shape index (κ1) is 90.1. The first-order valence-electron chi connectivity index (χ1n) is 37.7. The summed E-state index contributed by atoms with van der Waals surface area (Å²) < 4.78 is 68.3. The number of hydrogen-bond acceptors (Lipinski definition) is 15. The van der Waals surface area contributed by atoms with Crippen LogP contribution in [0, 0.1) is 23.7 Å². The van der Waals surface area contributed by atoms with Gasteiger partial charge in [-0.25, -0.2) is 9.13 Å². The van der Waals surface area contributed by atoms with Gasteiger partial charge in [-0.2, -0.15) is 0 Å².